The zero-order chi connectivity index (χ0) is 19.1. The number of rotatable bonds is 2. The van der Waals surface area contributed by atoms with Gasteiger partial charge in [-0.15, -0.1) is 19.7 Å². The first-order valence-corrected chi connectivity index (χ1v) is 8.39. The van der Waals surface area contributed by atoms with Gasteiger partial charge in [0.05, 0.1) is 0 Å². The average molecular weight is 317 g/mol. The molecule has 0 unspecified atom stereocenters. The topological polar surface area (TPSA) is 0 Å². The van der Waals surface area contributed by atoms with Crippen LogP contribution in [0, 0.1) is 0 Å². The minimum Gasteiger partial charge on any atom is -0.183 e. The van der Waals surface area contributed by atoms with Crippen LogP contribution in [-0.4, -0.2) is 6.26 Å². The van der Waals surface area contributed by atoms with Gasteiger partial charge in [-0.05, 0) is 33.4 Å². The zero-order valence-corrected chi connectivity index (χ0v) is 17.4. The van der Waals surface area contributed by atoms with Crippen molar-refractivity contribution in [2.45, 2.75) is 61.8 Å². The molecule has 0 amide bonds. The lowest BCUT2D eigenvalue weighted by atomic mass is 10.4. The summed E-state index contributed by atoms with van der Waals surface area (Å²) in [5, 5.41) is 0. The average Bonchev–Trinajstić information content (AvgIpc) is 2.55. The summed E-state index contributed by atoms with van der Waals surface area (Å²) in [4.78, 5) is 0. The van der Waals surface area contributed by atoms with Crippen molar-refractivity contribution in [3.63, 3.8) is 0 Å². The highest BCUT2D eigenvalue weighted by Crippen LogP contribution is 1.81. The van der Waals surface area contributed by atoms with Crippen LogP contribution in [0.5, 0.6) is 0 Å². The van der Waals surface area contributed by atoms with Crippen LogP contribution in [-0.2, 0) is 0 Å². The van der Waals surface area contributed by atoms with Gasteiger partial charge in [-0.1, -0.05) is 77.7 Å². The van der Waals surface area contributed by atoms with Gasteiger partial charge in [0.1, 0.15) is 0 Å². The second kappa shape index (κ2) is 125. The van der Waals surface area contributed by atoms with Gasteiger partial charge in [-0.25, -0.2) is 0 Å². The third kappa shape index (κ3) is 1320. The van der Waals surface area contributed by atoms with Gasteiger partial charge in [0.2, 0.25) is 0 Å². The Morgan fingerprint density at radius 1 is 0.857 bits per heavy atom. The highest BCUT2D eigenvalue weighted by Gasteiger charge is 1.59. The lowest BCUT2D eigenvalue weighted by molar-refractivity contribution is 1.23. The Morgan fingerprint density at radius 2 is 0.952 bits per heavy atom. The quantitative estimate of drug-likeness (QED) is 0.295. The highest BCUT2D eigenvalue weighted by atomic mass is 32.1. The van der Waals surface area contributed by atoms with Crippen molar-refractivity contribution in [3.05, 3.63) is 62.8 Å². The van der Waals surface area contributed by atoms with Gasteiger partial charge in [0, 0.05) is 0 Å². The maximum Gasteiger partial charge on any atom is -0.0215 e. The Labute approximate surface area is 143 Å². The first kappa shape index (κ1) is 42.7. The number of hydrogen-bond acceptors (Lipinski definition) is 1. The number of thiol groups is 1. The summed E-state index contributed by atoms with van der Waals surface area (Å²) in [6.45, 7) is 33.0. The van der Waals surface area contributed by atoms with Crippen LogP contribution in [0.2, 0.25) is 0 Å². The molecule has 0 fully saturated rings. The van der Waals surface area contributed by atoms with Crippen LogP contribution < -0.4 is 0 Å². The monoisotopic (exact) mass is 316 g/mol. The lowest BCUT2D eigenvalue weighted by Gasteiger charge is -1.71. The fourth-order valence-electron chi connectivity index (χ4n) is 0. The molecule has 0 rings (SSSR count). The molecule has 0 N–H and O–H groups in total. The van der Waals surface area contributed by atoms with E-state index in [4.69, 9.17) is 0 Å². The van der Waals surface area contributed by atoms with Crippen LogP contribution in [0.1, 0.15) is 61.8 Å². The van der Waals surface area contributed by atoms with E-state index in [1.807, 2.05) is 54.5 Å². The van der Waals surface area contributed by atoms with Crippen LogP contribution in [0.25, 0.3) is 0 Å². The summed E-state index contributed by atoms with van der Waals surface area (Å²) >= 11 is 3.53. The van der Waals surface area contributed by atoms with Gasteiger partial charge in [0.25, 0.3) is 0 Å². The lowest BCUT2D eigenvalue weighted by Crippen LogP contribution is -1.50. The molecule has 0 bridgehead atoms. The summed E-state index contributed by atoms with van der Waals surface area (Å²) in [6.07, 6.45) is 9.88. The van der Waals surface area contributed by atoms with Crippen molar-refractivity contribution < 1.29 is 0 Å². The molecule has 0 atom stereocenters. The molecule has 0 aliphatic rings. The Bertz CT molecular complexity index is 149. The van der Waals surface area contributed by atoms with Gasteiger partial charge in [-0.2, -0.15) is 12.6 Å². The highest BCUT2D eigenvalue weighted by molar-refractivity contribution is 7.79. The van der Waals surface area contributed by atoms with Crippen molar-refractivity contribution in [2.75, 3.05) is 6.26 Å². The van der Waals surface area contributed by atoms with E-state index < -0.39 is 0 Å². The molecule has 0 heterocycles. The Kier molecular flexibility index (Phi) is 254. The second-order valence-electron chi connectivity index (χ2n) is 2.56. The predicted octanol–water partition coefficient (Wildman–Crippen LogP) is 8.31. The molecule has 0 spiro atoms. The molecule has 0 saturated heterocycles. The van der Waals surface area contributed by atoms with Crippen LogP contribution >= 0.6 is 12.6 Å². The molecular weight excluding hydrogens is 272 g/mol. The summed E-state index contributed by atoms with van der Waals surface area (Å²) in [6, 6.07) is 0. The normalized spacial score (nSPS) is 4.86. The summed E-state index contributed by atoms with van der Waals surface area (Å²) in [5.41, 5.74) is 1.02. The van der Waals surface area contributed by atoms with Crippen molar-refractivity contribution in [1.82, 2.24) is 0 Å². The van der Waals surface area contributed by atoms with Crippen molar-refractivity contribution in [1.29, 1.82) is 0 Å². The summed E-state index contributed by atoms with van der Waals surface area (Å²) in [5.74, 6) is 0. The molecule has 0 nitrogen and oxygen atoms in total. The standard InChI is InChI=1S/C5H8.C4H8.2C3H6.2C2H6.CH4S/c1-4-5(2)3;1-3-4-2;2*1-3-2;3*1-2/h4H,1-2H2,3H3;3H,1,4H2,2H3;2*3H,1H2,2H3;2*1-2H3;2H,1H3. The SMILES string of the molecule is C=CC.C=CC.C=CC(=C)C.C=CCC.CC.CC.CS. The Morgan fingerprint density at radius 3 is 0.952 bits per heavy atom. The number of allylic oxidation sites excluding steroid dienone is 5. The summed E-state index contributed by atoms with van der Waals surface area (Å²) in [7, 11) is 0. The van der Waals surface area contributed by atoms with E-state index in [0.29, 0.717) is 0 Å². The van der Waals surface area contributed by atoms with E-state index in [1.165, 1.54) is 0 Å². The summed E-state index contributed by atoms with van der Waals surface area (Å²) < 4.78 is 0. The van der Waals surface area contributed by atoms with E-state index in [2.05, 4.69) is 52.4 Å². The maximum absolute atomic E-state index is 3.56. The maximum atomic E-state index is 3.56. The largest absolute Gasteiger partial charge is 0.183 e. The molecule has 0 aliphatic carbocycles. The van der Waals surface area contributed by atoms with E-state index in [-0.39, 0.29) is 0 Å². The van der Waals surface area contributed by atoms with Gasteiger partial charge in [-0.3, -0.25) is 0 Å². The van der Waals surface area contributed by atoms with E-state index in [9.17, 15) is 0 Å². The molecular formula is C20H44S. The van der Waals surface area contributed by atoms with Crippen LogP contribution in [0.15, 0.2) is 62.8 Å². The Balaban J connectivity index is -0.0000000226. The molecule has 0 aromatic carbocycles. The van der Waals surface area contributed by atoms with E-state index >= 15 is 0 Å². The third-order valence-corrected chi connectivity index (χ3v) is 0.637. The first-order chi connectivity index (χ1) is 10.0. The molecule has 0 aromatic heterocycles. The van der Waals surface area contributed by atoms with Crippen LogP contribution in [0.4, 0.5) is 0 Å². The van der Waals surface area contributed by atoms with Crippen molar-refractivity contribution >= 4 is 12.6 Å². The van der Waals surface area contributed by atoms with Crippen molar-refractivity contribution in [3.8, 4) is 0 Å². The van der Waals surface area contributed by atoms with E-state index in [1.54, 1.807) is 24.5 Å². The van der Waals surface area contributed by atoms with Gasteiger partial charge >= 0.3 is 0 Å². The molecule has 0 radical (unpaired) electrons. The van der Waals surface area contributed by atoms with E-state index in [0.717, 1.165) is 12.0 Å². The fourth-order valence-corrected chi connectivity index (χ4v) is 0. The van der Waals surface area contributed by atoms with Gasteiger partial charge < -0.3 is 0 Å². The molecule has 0 aliphatic heterocycles. The molecule has 0 aromatic rings. The van der Waals surface area contributed by atoms with Crippen molar-refractivity contribution in [2.24, 2.45) is 0 Å². The van der Waals surface area contributed by atoms with Crippen LogP contribution in [0.3, 0.4) is 0 Å². The predicted molar refractivity (Wildman–Crippen MR) is 115 cm³/mol. The molecule has 21 heavy (non-hydrogen) atoms. The molecule has 0 saturated carbocycles. The Hall–Kier alpha value is -0.950. The molecule has 1 heteroatoms. The molecule has 130 valence electrons. The fraction of sp³-hybridized carbons (Fsp3) is 0.500. The zero-order valence-electron chi connectivity index (χ0n) is 16.5. The number of hydrogen-bond donors (Lipinski definition) is 1. The third-order valence-electron chi connectivity index (χ3n) is 0.637. The first-order valence-electron chi connectivity index (χ1n) is 7.49. The van der Waals surface area contributed by atoms with Gasteiger partial charge in [0.15, 0.2) is 0 Å². The minimum atomic E-state index is 1.02. The second-order valence-corrected chi connectivity index (χ2v) is 2.56. The minimum absolute atomic E-state index is 1.02. The smallest absolute Gasteiger partial charge is 0.0215 e.